The number of benzene rings is 1. The molecule has 0 radical (unpaired) electrons. The van der Waals surface area contributed by atoms with E-state index in [1.807, 2.05) is 25.1 Å². The van der Waals surface area contributed by atoms with E-state index in [-0.39, 0.29) is 0 Å². The van der Waals surface area contributed by atoms with Gasteiger partial charge in [0.15, 0.2) is 0 Å². The molecule has 1 aromatic carbocycles. The molecule has 0 aliphatic carbocycles. The number of hydrogen-bond acceptors (Lipinski definition) is 2. The molecule has 2 aromatic rings. The summed E-state index contributed by atoms with van der Waals surface area (Å²) in [6.45, 7) is 3.76. The van der Waals surface area contributed by atoms with Gasteiger partial charge in [-0.05, 0) is 25.5 Å². The Bertz CT molecular complexity index is 427. The molecule has 13 heavy (non-hydrogen) atoms. The highest BCUT2D eigenvalue weighted by Gasteiger charge is 2.09. The summed E-state index contributed by atoms with van der Waals surface area (Å²) in [5.41, 5.74) is 2.87. The largest absolute Gasteiger partial charge is 0.464 e. The number of aliphatic hydroxyl groups is 1. The Kier molecular flexibility index (Phi) is 1.85. The van der Waals surface area contributed by atoms with Crippen molar-refractivity contribution in [2.75, 3.05) is 0 Å². The molecule has 1 N–H and O–H groups in total. The van der Waals surface area contributed by atoms with Crippen molar-refractivity contribution in [3.05, 3.63) is 35.6 Å². The molecule has 68 valence electrons. The summed E-state index contributed by atoms with van der Waals surface area (Å²) < 4.78 is 5.33. The maximum absolute atomic E-state index is 9.42. The third-order valence-corrected chi connectivity index (χ3v) is 2.21. The van der Waals surface area contributed by atoms with Crippen LogP contribution in [0, 0.1) is 6.92 Å². The summed E-state index contributed by atoms with van der Waals surface area (Å²) in [5.74, 6) is 0. The standard InChI is InChI=1S/C11H12O2/c1-7-3-4-9-10(8(2)12)6-13-11(9)5-7/h3-6,8,12H,1-2H3. The quantitative estimate of drug-likeness (QED) is 0.724. The Balaban J connectivity index is 2.69. The number of aliphatic hydroxyl groups excluding tert-OH is 1. The van der Waals surface area contributed by atoms with Gasteiger partial charge < -0.3 is 9.52 Å². The van der Waals surface area contributed by atoms with Crippen LogP contribution >= 0.6 is 0 Å². The molecule has 0 fully saturated rings. The van der Waals surface area contributed by atoms with E-state index in [0.29, 0.717) is 0 Å². The molecule has 0 saturated heterocycles. The normalized spacial score (nSPS) is 13.5. The second-order valence-electron chi connectivity index (χ2n) is 3.37. The van der Waals surface area contributed by atoms with Crippen LogP contribution in [0.15, 0.2) is 28.9 Å². The molecule has 0 amide bonds. The van der Waals surface area contributed by atoms with E-state index in [9.17, 15) is 5.11 Å². The van der Waals surface area contributed by atoms with Crippen LogP contribution in [0.25, 0.3) is 11.0 Å². The fourth-order valence-corrected chi connectivity index (χ4v) is 1.48. The highest BCUT2D eigenvalue weighted by molar-refractivity contribution is 5.81. The molecule has 2 heteroatoms. The van der Waals surface area contributed by atoms with Gasteiger partial charge >= 0.3 is 0 Å². The first kappa shape index (κ1) is 8.32. The fourth-order valence-electron chi connectivity index (χ4n) is 1.48. The van der Waals surface area contributed by atoms with Crippen molar-refractivity contribution < 1.29 is 9.52 Å². The molecule has 0 saturated carbocycles. The summed E-state index contributed by atoms with van der Waals surface area (Å²) in [6, 6.07) is 5.97. The van der Waals surface area contributed by atoms with E-state index in [4.69, 9.17) is 4.42 Å². The van der Waals surface area contributed by atoms with E-state index >= 15 is 0 Å². The molecule has 0 aliphatic rings. The Hall–Kier alpha value is -1.28. The van der Waals surface area contributed by atoms with Crippen LogP contribution in [0.1, 0.15) is 24.2 Å². The van der Waals surface area contributed by atoms with Gasteiger partial charge in [0.25, 0.3) is 0 Å². The zero-order chi connectivity index (χ0) is 9.42. The number of furan rings is 1. The minimum Gasteiger partial charge on any atom is -0.464 e. The molecule has 1 heterocycles. The lowest BCUT2D eigenvalue weighted by atomic mass is 10.1. The van der Waals surface area contributed by atoms with Gasteiger partial charge in [-0.2, -0.15) is 0 Å². The maximum Gasteiger partial charge on any atom is 0.134 e. The van der Waals surface area contributed by atoms with E-state index < -0.39 is 6.10 Å². The van der Waals surface area contributed by atoms with Crippen molar-refractivity contribution in [1.29, 1.82) is 0 Å². The lowest BCUT2D eigenvalue weighted by Crippen LogP contribution is -1.87. The van der Waals surface area contributed by atoms with Crippen LogP contribution in [0.4, 0.5) is 0 Å². The summed E-state index contributed by atoms with van der Waals surface area (Å²) >= 11 is 0. The lowest BCUT2D eigenvalue weighted by Gasteiger charge is -1.99. The van der Waals surface area contributed by atoms with Gasteiger partial charge in [-0.25, -0.2) is 0 Å². The lowest BCUT2D eigenvalue weighted by molar-refractivity contribution is 0.199. The first-order valence-corrected chi connectivity index (χ1v) is 4.34. The van der Waals surface area contributed by atoms with Crippen molar-refractivity contribution in [2.24, 2.45) is 0 Å². The Morgan fingerprint density at radius 1 is 1.38 bits per heavy atom. The summed E-state index contributed by atoms with van der Waals surface area (Å²) in [6.07, 6.45) is 1.15. The van der Waals surface area contributed by atoms with E-state index in [1.54, 1.807) is 13.2 Å². The van der Waals surface area contributed by atoms with Crippen LogP contribution in [-0.4, -0.2) is 5.11 Å². The van der Waals surface area contributed by atoms with Crippen molar-refractivity contribution in [1.82, 2.24) is 0 Å². The zero-order valence-corrected chi connectivity index (χ0v) is 7.74. The average molecular weight is 176 g/mol. The van der Waals surface area contributed by atoms with E-state index in [2.05, 4.69) is 0 Å². The zero-order valence-electron chi connectivity index (χ0n) is 7.74. The fraction of sp³-hybridized carbons (Fsp3) is 0.273. The van der Waals surface area contributed by atoms with E-state index in [1.165, 1.54) is 5.56 Å². The van der Waals surface area contributed by atoms with Crippen LogP contribution < -0.4 is 0 Å². The predicted octanol–water partition coefficient (Wildman–Crippen LogP) is 2.79. The third kappa shape index (κ3) is 1.33. The van der Waals surface area contributed by atoms with Gasteiger partial charge in [-0.15, -0.1) is 0 Å². The minimum atomic E-state index is -0.469. The SMILES string of the molecule is Cc1ccc2c(C(C)O)coc2c1. The average Bonchev–Trinajstić information content (AvgIpc) is 2.46. The Morgan fingerprint density at radius 3 is 2.85 bits per heavy atom. The number of hydrogen-bond donors (Lipinski definition) is 1. The molecule has 1 unspecified atom stereocenters. The second kappa shape index (κ2) is 2.89. The smallest absolute Gasteiger partial charge is 0.134 e. The van der Waals surface area contributed by atoms with Gasteiger partial charge in [0.2, 0.25) is 0 Å². The summed E-state index contributed by atoms with van der Waals surface area (Å²) in [5, 5.41) is 10.4. The Labute approximate surface area is 76.8 Å². The van der Waals surface area contributed by atoms with Crippen molar-refractivity contribution in [2.45, 2.75) is 20.0 Å². The third-order valence-electron chi connectivity index (χ3n) is 2.21. The first-order chi connectivity index (χ1) is 6.18. The molecule has 0 bridgehead atoms. The minimum absolute atomic E-state index is 0.469. The van der Waals surface area contributed by atoms with Crippen LogP contribution in [0.5, 0.6) is 0 Å². The molecule has 0 aliphatic heterocycles. The van der Waals surface area contributed by atoms with Gasteiger partial charge in [-0.1, -0.05) is 12.1 Å². The number of aryl methyl sites for hydroxylation is 1. The second-order valence-corrected chi connectivity index (χ2v) is 3.37. The van der Waals surface area contributed by atoms with Crippen LogP contribution in [0.3, 0.4) is 0 Å². The highest BCUT2D eigenvalue weighted by Crippen LogP contribution is 2.26. The summed E-state index contributed by atoms with van der Waals surface area (Å²) in [7, 11) is 0. The van der Waals surface area contributed by atoms with Gasteiger partial charge in [0.05, 0.1) is 12.4 Å². The van der Waals surface area contributed by atoms with E-state index in [0.717, 1.165) is 16.5 Å². The maximum atomic E-state index is 9.42. The monoisotopic (exact) mass is 176 g/mol. The Morgan fingerprint density at radius 2 is 2.15 bits per heavy atom. The highest BCUT2D eigenvalue weighted by atomic mass is 16.3. The molecule has 1 atom stereocenters. The van der Waals surface area contributed by atoms with Crippen molar-refractivity contribution >= 4 is 11.0 Å². The van der Waals surface area contributed by atoms with Gasteiger partial charge in [0, 0.05) is 10.9 Å². The topological polar surface area (TPSA) is 33.4 Å². The first-order valence-electron chi connectivity index (χ1n) is 4.34. The number of fused-ring (bicyclic) bond motifs is 1. The van der Waals surface area contributed by atoms with Crippen molar-refractivity contribution in [3.63, 3.8) is 0 Å². The van der Waals surface area contributed by atoms with Crippen molar-refractivity contribution in [3.8, 4) is 0 Å². The molecule has 2 nitrogen and oxygen atoms in total. The van der Waals surface area contributed by atoms with Gasteiger partial charge in [0.1, 0.15) is 5.58 Å². The molecular formula is C11H12O2. The summed E-state index contributed by atoms with van der Waals surface area (Å²) in [4.78, 5) is 0. The van der Waals surface area contributed by atoms with Crippen LogP contribution in [0.2, 0.25) is 0 Å². The molecule has 1 aromatic heterocycles. The van der Waals surface area contributed by atoms with Gasteiger partial charge in [-0.3, -0.25) is 0 Å². The molecule has 2 rings (SSSR count). The van der Waals surface area contributed by atoms with Crippen LogP contribution in [-0.2, 0) is 0 Å². The predicted molar refractivity (Wildman–Crippen MR) is 51.6 cm³/mol. The molecular weight excluding hydrogens is 164 g/mol. The molecule has 0 spiro atoms. The number of rotatable bonds is 1.